The largest absolute Gasteiger partial charge is 0.330 e. The van der Waals surface area contributed by atoms with E-state index in [-0.39, 0.29) is 29.7 Å². The molecule has 3 rings (SSSR count). The monoisotopic (exact) mass is 408 g/mol. The molecule has 1 saturated carbocycles. The first kappa shape index (κ1) is 21.1. The smallest absolute Gasteiger partial charge is 0.301 e. The van der Waals surface area contributed by atoms with Crippen molar-refractivity contribution >= 4 is 5.96 Å². The van der Waals surface area contributed by atoms with E-state index in [1.807, 2.05) is 0 Å². The molecule has 1 atom stereocenters. The highest BCUT2D eigenvalue weighted by Crippen LogP contribution is 2.34. The van der Waals surface area contributed by atoms with Gasteiger partial charge >= 0.3 is 5.70 Å². The summed E-state index contributed by atoms with van der Waals surface area (Å²) in [6, 6.07) is 3.57. The Morgan fingerprint density at radius 1 is 1.21 bits per heavy atom. The van der Waals surface area contributed by atoms with Crippen LogP contribution < -0.4 is 22.1 Å². The fraction of sp³-hybridized carbons (Fsp3) is 0.526. The van der Waals surface area contributed by atoms with Crippen LogP contribution in [0.4, 0.5) is 8.78 Å². The average Bonchev–Trinajstić information content (AvgIpc) is 2.67. The number of benzene rings is 1. The highest BCUT2D eigenvalue weighted by atomic mass is 19.1. The second-order valence-corrected chi connectivity index (χ2v) is 7.72. The maximum absolute atomic E-state index is 13.8. The van der Waals surface area contributed by atoms with Crippen LogP contribution >= 0.6 is 0 Å². The van der Waals surface area contributed by atoms with Gasteiger partial charge in [-0.25, -0.2) is 13.8 Å². The minimum atomic E-state index is -1.43. The molecule has 1 heterocycles. The third kappa shape index (κ3) is 4.88. The van der Waals surface area contributed by atoms with Crippen LogP contribution in [0.1, 0.15) is 37.7 Å². The molecule has 8 nitrogen and oxygen atoms in total. The van der Waals surface area contributed by atoms with E-state index in [4.69, 9.17) is 11.5 Å². The summed E-state index contributed by atoms with van der Waals surface area (Å²) in [4.78, 5) is 15.1. The van der Waals surface area contributed by atoms with Gasteiger partial charge < -0.3 is 16.4 Å². The van der Waals surface area contributed by atoms with Crippen LogP contribution in [0, 0.1) is 33.6 Å². The van der Waals surface area contributed by atoms with Crippen LogP contribution in [-0.4, -0.2) is 23.1 Å². The van der Waals surface area contributed by atoms with Crippen molar-refractivity contribution in [2.24, 2.45) is 28.3 Å². The molecule has 0 spiro atoms. The lowest BCUT2D eigenvalue weighted by Crippen LogP contribution is -2.64. The highest BCUT2D eigenvalue weighted by molar-refractivity contribution is 5.83. The maximum atomic E-state index is 13.8. The molecule has 1 aliphatic heterocycles. The van der Waals surface area contributed by atoms with Crippen LogP contribution in [0.2, 0.25) is 0 Å². The van der Waals surface area contributed by atoms with Crippen LogP contribution in [0.25, 0.3) is 0 Å². The molecule has 6 N–H and O–H groups in total. The first-order chi connectivity index (χ1) is 13.8. The number of hydrogen-bond acceptors (Lipinski definition) is 5. The zero-order chi connectivity index (χ0) is 21.0. The van der Waals surface area contributed by atoms with Gasteiger partial charge in [-0.2, -0.15) is 0 Å². The Morgan fingerprint density at radius 3 is 2.41 bits per heavy atom. The fourth-order valence-corrected chi connectivity index (χ4v) is 4.00. The predicted octanol–water partition coefficient (Wildman–Crippen LogP) is 1.94. The van der Waals surface area contributed by atoms with Crippen molar-refractivity contribution in [1.29, 1.82) is 0 Å². The van der Waals surface area contributed by atoms with Crippen LogP contribution in [-0.2, 0) is 6.54 Å². The van der Waals surface area contributed by atoms with Gasteiger partial charge in [-0.15, -0.1) is 0 Å². The molecule has 29 heavy (non-hydrogen) atoms. The Bertz CT molecular complexity index is 803. The molecule has 0 aromatic heterocycles. The second kappa shape index (κ2) is 8.83. The Labute approximate surface area is 167 Å². The zero-order valence-electron chi connectivity index (χ0n) is 16.0. The Hall–Kier alpha value is -2.59. The van der Waals surface area contributed by atoms with E-state index in [2.05, 4.69) is 15.6 Å². The number of halogens is 2. The summed E-state index contributed by atoms with van der Waals surface area (Å²) in [5, 5.41) is 17.0. The molecule has 1 aromatic rings. The number of nitrogens with one attached hydrogen (secondary N) is 2. The van der Waals surface area contributed by atoms with Gasteiger partial charge in [0.25, 0.3) is 0 Å². The molecule has 0 amide bonds. The number of guanidine groups is 1. The Kier molecular flexibility index (Phi) is 6.43. The summed E-state index contributed by atoms with van der Waals surface area (Å²) in [5.41, 5.74) is 10.3. The second-order valence-electron chi connectivity index (χ2n) is 7.72. The lowest BCUT2D eigenvalue weighted by atomic mass is 9.77. The summed E-state index contributed by atoms with van der Waals surface area (Å²) >= 11 is 0. The van der Waals surface area contributed by atoms with Crippen molar-refractivity contribution in [3.05, 3.63) is 57.4 Å². The van der Waals surface area contributed by atoms with Crippen molar-refractivity contribution in [1.82, 2.24) is 10.6 Å². The van der Waals surface area contributed by atoms with Crippen LogP contribution in [0.15, 0.2) is 35.1 Å². The third-order valence-corrected chi connectivity index (χ3v) is 5.71. The van der Waals surface area contributed by atoms with E-state index >= 15 is 0 Å². The van der Waals surface area contributed by atoms with E-state index < -0.39 is 22.2 Å². The number of hydrogen-bond donors (Lipinski definition) is 4. The van der Waals surface area contributed by atoms with Crippen molar-refractivity contribution < 1.29 is 13.7 Å². The van der Waals surface area contributed by atoms with E-state index in [0.717, 1.165) is 37.8 Å². The van der Waals surface area contributed by atoms with Crippen LogP contribution in [0.5, 0.6) is 0 Å². The normalized spacial score (nSPS) is 28.4. The number of aliphatic imine (C=N–C) groups is 1. The van der Waals surface area contributed by atoms with Gasteiger partial charge in [0.2, 0.25) is 0 Å². The Morgan fingerprint density at radius 2 is 1.83 bits per heavy atom. The molecule has 1 unspecified atom stereocenters. The standard InChI is InChI=1S/C19H26F2N6O2/c20-15-2-1-3-16(21)14(15)10-24-18-25-11-17(27(28)29)19(23,26-18)8-12-4-6-13(9-22)7-5-12/h1-3,11-13H,4-10,22-23H2,(H2,24,25,26). The van der Waals surface area contributed by atoms with Crippen molar-refractivity contribution in [3.8, 4) is 0 Å². The molecular weight excluding hydrogens is 382 g/mol. The van der Waals surface area contributed by atoms with Crippen molar-refractivity contribution in [2.45, 2.75) is 44.3 Å². The molecule has 0 radical (unpaired) electrons. The molecule has 10 heteroatoms. The fourth-order valence-electron chi connectivity index (χ4n) is 4.00. The SMILES string of the molecule is NCC1CCC(CC2(N)NC(=NCc3c(F)cccc3F)NC=C2[N+](=O)[O-])CC1. The molecule has 0 saturated heterocycles. The minimum absolute atomic E-state index is 0.136. The van der Waals surface area contributed by atoms with E-state index in [9.17, 15) is 18.9 Å². The first-order valence-electron chi connectivity index (χ1n) is 9.68. The number of nitrogens with two attached hydrogens (primary N) is 2. The molecule has 158 valence electrons. The average molecular weight is 408 g/mol. The molecule has 0 bridgehead atoms. The summed E-state index contributed by atoms with van der Waals surface area (Å²) < 4.78 is 27.6. The minimum Gasteiger partial charge on any atom is -0.330 e. The van der Waals surface area contributed by atoms with Gasteiger partial charge in [-0.3, -0.25) is 15.8 Å². The zero-order valence-corrected chi connectivity index (χ0v) is 16.0. The Balaban J connectivity index is 1.75. The van der Waals surface area contributed by atoms with Gasteiger partial charge in [0.05, 0.1) is 17.7 Å². The number of nitrogens with zero attached hydrogens (tertiary/aromatic N) is 2. The van der Waals surface area contributed by atoms with Gasteiger partial charge in [-0.05, 0) is 62.6 Å². The van der Waals surface area contributed by atoms with Crippen LogP contribution in [0.3, 0.4) is 0 Å². The van der Waals surface area contributed by atoms with Gasteiger partial charge in [0, 0.05) is 5.56 Å². The van der Waals surface area contributed by atoms with E-state index in [1.165, 1.54) is 12.3 Å². The first-order valence-corrected chi connectivity index (χ1v) is 9.68. The number of rotatable bonds is 6. The summed E-state index contributed by atoms with van der Waals surface area (Å²) in [6.45, 7) is 0.374. The topological polar surface area (TPSA) is 132 Å². The predicted molar refractivity (Wildman–Crippen MR) is 105 cm³/mol. The molecule has 1 fully saturated rings. The molecule has 1 aliphatic carbocycles. The maximum Gasteiger partial charge on any atom is 0.301 e. The lowest BCUT2D eigenvalue weighted by Gasteiger charge is -2.37. The summed E-state index contributed by atoms with van der Waals surface area (Å²) in [7, 11) is 0. The third-order valence-electron chi connectivity index (χ3n) is 5.71. The molecule has 1 aromatic carbocycles. The van der Waals surface area contributed by atoms with Crippen molar-refractivity contribution in [2.75, 3.05) is 6.54 Å². The highest BCUT2D eigenvalue weighted by Gasteiger charge is 2.44. The van der Waals surface area contributed by atoms with Gasteiger partial charge in [0.1, 0.15) is 11.6 Å². The van der Waals surface area contributed by atoms with Gasteiger partial charge in [-0.1, -0.05) is 6.07 Å². The molecular formula is C19H26F2N6O2. The summed E-state index contributed by atoms with van der Waals surface area (Å²) in [6.07, 6.45) is 5.28. The van der Waals surface area contributed by atoms with Crippen molar-refractivity contribution in [3.63, 3.8) is 0 Å². The molecule has 2 aliphatic rings. The summed E-state index contributed by atoms with van der Waals surface area (Å²) in [5.74, 6) is -0.581. The van der Waals surface area contributed by atoms with E-state index in [0.29, 0.717) is 18.9 Å². The quantitative estimate of drug-likeness (QED) is 0.420. The number of nitro groups is 1. The van der Waals surface area contributed by atoms with Gasteiger partial charge in [0.15, 0.2) is 11.6 Å². The lowest BCUT2D eigenvalue weighted by molar-refractivity contribution is -0.437. The van der Waals surface area contributed by atoms with E-state index in [1.54, 1.807) is 0 Å².